The van der Waals surface area contributed by atoms with Crippen LogP contribution in [0.15, 0.2) is 53.3 Å². The van der Waals surface area contributed by atoms with Gasteiger partial charge in [-0.25, -0.2) is 4.79 Å². The Labute approximate surface area is 152 Å². The molecule has 3 aromatic rings. The fraction of sp³-hybridized carbons (Fsp3) is 0.238. The molecule has 2 N–H and O–H groups in total. The fourth-order valence-electron chi connectivity index (χ4n) is 3.01. The molecule has 134 valence electrons. The largest absolute Gasteiger partial charge is 0.322 e. The number of rotatable bonds is 4. The van der Waals surface area contributed by atoms with Crippen LogP contribution in [-0.4, -0.2) is 22.5 Å². The van der Waals surface area contributed by atoms with Gasteiger partial charge in [0.2, 0.25) is 5.56 Å². The third kappa shape index (κ3) is 3.77. The van der Waals surface area contributed by atoms with Gasteiger partial charge in [-0.3, -0.25) is 4.79 Å². The summed E-state index contributed by atoms with van der Waals surface area (Å²) in [4.78, 5) is 29.2. The molecule has 0 bridgehead atoms. The van der Waals surface area contributed by atoms with E-state index >= 15 is 0 Å². The van der Waals surface area contributed by atoms with Crippen molar-refractivity contribution in [1.82, 2.24) is 9.88 Å². The van der Waals surface area contributed by atoms with Crippen LogP contribution in [0, 0.1) is 13.8 Å². The number of H-pyrrole nitrogens is 1. The number of aromatic nitrogens is 1. The highest BCUT2D eigenvalue weighted by atomic mass is 16.2. The Morgan fingerprint density at radius 3 is 2.65 bits per heavy atom. The molecular formula is C21H23N3O2. The Bertz CT molecular complexity index is 1010. The van der Waals surface area contributed by atoms with Gasteiger partial charge in [0.1, 0.15) is 0 Å². The number of urea groups is 1. The Kier molecular flexibility index (Phi) is 5.07. The number of hydrogen-bond donors (Lipinski definition) is 2. The van der Waals surface area contributed by atoms with Crippen LogP contribution in [0.25, 0.3) is 10.9 Å². The number of carbonyl (C=O) groups excluding carboxylic acids is 1. The predicted octanol–water partition coefficient (Wildman–Crippen LogP) is 4.20. The molecule has 0 atom stereocenters. The monoisotopic (exact) mass is 349 g/mol. The number of fused-ring (bicyclic) bond motifs is 1. The Morgan fingerprint density at radius 1 is 1.12 bits per heavy atom. The second-order valence-corrected chi connectivity index (χ2v) is 6.47. The lowest BCUT2D eigenvalue weighted by atomic mass is 10.1. The summed E-state index contributed by atoms with van der Waals surface area (Å²) in [5, 5.41) is 3.94. The molecule has 1 heterocycles. The maximum Gasteiger partial charge on any atom is 0.322 e. The average molecular weight is 349 g/mol. The molecule has 2 amide bonds. The van der Waals surface area contributed by atoms with Crippen LogP contribution in [0.1, 0.15) is 23.6 Å². The number of benzene rings is 2. The molecule has 0 spiro atoms. The van der Waals surface area contributed by atoms with Gasteiger partial charge in [0.05, 0.1) is 0 Å². The van der Waals surface area contributed by atoms with Crippen LogP contribution in [0.2, 0.25) is 0 Å². The quantitative estimate of drug-likeness (QED) is 0.741. The first-order chi connectivity index (χ1) is 12.5. The molecular weight excluding hydrogens is 326 g/mol. The van der Waals surface area contributed by atoms with Crippen molar-refractivity contribution in [2.45, 2.75) is 27.3 Å². The van der Waals surface area contributed by atoms with E-state index in [2.05, 4.69) is 10.3 Å². The summed E-state index contributed by atoms with van der Waals surface area (Å²) in [5.74, 6) is 0. The van der Waals surface area contributed by atoms with Crippen molar-refractivity contribution < 1.29 is 4.79 Å². The number of anilines is 1. The zero-order chi connectivity index (χ0) is 18.7. The lowest BCUT2D eigenvalue weighted by Crippen LogP contribution is -2.34. The molecule has 3 rings (SSSR count). The summed E-state index contributed by atoms with van der Waals surface area (Å²) < 4.78 is 0. The first-order valence-corrected chi connectivity index (χ1v) is 8.72. The number of para-hydroxylation sites is 1. The highest BCUT2D eigenvalue weighted by Crippen LogP contribution is 2.19. The van der Waals surface area contributed by atoms with Gasteiger partial charge in [0.15, 0.2) is 0 Å². The number of aromatic amines is 1. The van der Waals surface area contributed by atoms with E-state index in [4.69, 9.17) is 0 Å². The molecule has 26 heavy (non-hydrogen) atoms. The van der Waals surface area contributed by atoms with E-state index in [0.717, 1.165) is 33.3 Å². The van der Waals surface area contributed by atoms with Gasteiger partial charge in [-0.05, 0) is 49.6 Å². The van der Waals surface area contributed by atoms with Crippen molar-refractivity contribution in [2.24, 2.45) is 0 Å². The first kappa shape index (κ1) is 17.7. The highest BCUT2D eigenvalue weighted by molar-refractivity contribution is 5.90. The van der Waals surface area contributed by atoms with Gasteiger partial charge in [0, 0.05) is 35.7 Å². The third-order valence-electron chi connectivity index (χ3n) is 4.50. The van der Waals surface area contributed by atoms with Crippen LogP contribution >= 0.6 is 0 Å². The van der Waals surface area contributed by atoms with Crippen molar-refractivity contribution in [2.75, 3.05) is 11.9 Å². The third-order valence-corrected chi connectivity index (χ3v) is 4.50. The van der Waals surface area contributed by atoms with E-state index in [-0.39, 0.29) is 11.6 Å². The van der Waals surface area contributed by atoms with Crippen LogP contribution in [0.5, 0.6) is 0 Å². The van der Waals surface area contributed by atoms with Crippen LogP contribution in [0.3, 0.4) is 0 Å². The van der Waals surface area contributed by atoms with Gasteiger partial charge in [0.25, 0.3) is 0 Å². The van der Waals surface area contributed by atoms with E-state index in [1.807, 2.05) is 63.2 Å². The number of pyridine rings is 1. The van der Waals surface area contributed by atoms with Crippen molar-refractivity contribution in [3.63, 3.8) is 0 Å². The Hall–Kier alpha value is -3.08. The fourth-order valence-corrected chi connectivity index (χ4v) is 3.01. The SMILES string of the molecule is CCN(Cc1cc(=O)[nH]c2ccccc12)C(=O)Nc1cc(C)ccc1C. The van der Waals surface area contributed by atoms with Gasteiger partial charge in [-0.2, -0.15) is 0 Å². The van der Waals surface area contributed by atoms with E-state index in [1.54, 1.807) is 11.0 Å². The van der Waals surface area contributed by atoms with Crippen LogP contribution in [-0.2, 0) is 6.54 Å². The molecule has 2 aromatic carbocycles. The Balaban J connectivity index is 1.87. The van der Waals surface area contributed by atoms with Crippen molar-refractivity contribution >= 4 is 22.6 Å². The number of nitrogens with zero attached hydrogens (tertiary/aromatic N) is 1. The van der Waals surface area contributed by atoms with Gasteiger partial charge in [-0.15, -0.1) is 0 Å². The summed E-state index contributed by atoms with van der Waals surface area (Å²) in [5.41, 5.74) is 4.37. The maximum atomic E-state index is 12.8. The van der Waals surface area contributed by atoms with Crippen molar-refractivity contribution in [3.8, 4) is 0 Å². The molecule has 0 aliphatic carbocycles. The number of hydrogen-bond acceptors (Lipinski definition) is 2. The highest BCUT2D eigenvalue weighted by Gasteiger charge is 2.15. The molecule has 0 fully saturated rings. The number of amides is 2. The number of aryl methyl sites for hydroxylation is 2. The summed E-state index contributed by atoms with van der Waals surface area (Å²) >= 11 is 0. The summed E-state index contributed by atoms with van der Waals surface area (Å²) in [6.45, 7) is 6.80. The van der Waals surface area contributed by atoms with Gasteiger partial charge < -0.3 is 15.2 Å². The second kappa shape index (κ2) is 7.44. The normalized spacial score (nSPS) is 10.7. The predicted molar refractivity (Wildman–Crippen MR) is 106 cm³/mol. The lowest BCUT2D eigenvalue weighted by molar-refractivity contribution is 0.212. The average Bonchev–Trinajstić information content (AvgIpc) is 2.62. The molecule has 0 saturated carbocycles. The zero-order valence-corrected chi connectivity index (χ0v) is 15.3. The molecule has 5 heteroatoms. The van der Waals surface area contributed by atoms with Crippen molar-refractivity contribution in [1.29, 1.82) is 0 Å². The minimum absolute atomic E-state index is 0.162. The number of carbonyl (C=O) groups is 1. The molecule has 1 aromatic heterocycles. The van der Waals surface area contributed by atoms with E-state index in [1.165, 1.54) is 0 Å². The van der Waals surface area contributed by atoms with Gasteiger partial charge in [-0.1, -0.05) is 30.3 Å². The molecule has 0 unspecified atom stereocenters. The zero-order valence-electron chi connectivity index (χ0n) is 15.3. The lowest BCUT2D eigenvalue weighted by Gasteiger charge is -2.23. The number of nitrogens with one attached hydrogen (secondary N) is 2. The molecule has 5 nitrogen and oxygen atoms in total. The Morgan fingerprint density at radius 2 is 1.88 bits per heavy atom. The van der Waals surface area contributed by atoms with Crippen LogP contribution < -0.4 is 10.9 Å². The smallest absolute Gasteiger partial charge is 0.322 e. The first-order valence-electron chi connectivity index (χ1n) is 8.72. The van der Waals surface area contributed by atoms with Gasteiger partial charge >= 0.3 is 6.03 Å². The van der Waals surface area contributed by atoms with Crippen molar-refractivity contribution in [3.05, 3.63) is 75.6 Å². The molecule has 0 saturated heterocycles. The van der Waals surface area contributed by atoms with E-state index in [9.17, 15) is 9.59 Å². The topological polar surface area (TPSA) is 65.2 Å². The summed E-state index contributed by atoms with van der Waals surface area (Å²) in [7, 11) is 0. The summed E-state index contributed by atoms with van der Waals surface area (Å²) in [6.07, 6.45) is 0. The molecule has 0 aliphatic rings. The summed E-state index contributed by atoms with van der Waals surface area (Å²) in [6, 6.07) is 15.0. The van der Waals surface area contributed by atoms with E-state index in [0.29, 0.717) is 13.1 Å². The molecule has 0 aliphatic heterocycles. The molecule has 0 radical (unpaired) electrons. The maximum absolute atomic E-state index is 12.8. The standard InChI is InChI=1S/C21H23N3O2/c1-4-24(21(26)23-19-11-14(2)9-10-15(19)3)13-16-12-20(25)22-18-8-6-5-7-17(16)18/h5-12H,4,13H2,1-3H3,(H,22,25)(H,23,26). The second-order valence-electron chi connectivity index (χ2n) is 6.47. The van der Waals surface area contributed by atoms with Crippen LogP contribution in [0.4, 0.5) is 10.5 Å². The minimum atomic E-state index is -0.175. The minimum Gasteiger partial charge on any atom is -0.322 e. The van der Waals surface area contributed by atoms with E-state index < -0.39 is 0 Å².